The lowest BCUT2D eigenvalue weighted by Gasteiger charge is -2.28. The van der Waals surface area contributed by atoms with Gasteiger partial charge in [-0.3, -0.25) is 0 Å². The molecule has 0 spiro atoms. The van der Waals surface area contributed by atoms with Gasteiger partial charge in [-0.15, -0.1) is 11.6 Å². The van der Waals surface area contributed by atoms with Gasteiger partial charge in [-0.2, -0.15) is 0 Å². The molecule has 2 heteroatoms. The van der Waals surface area contributed by atoms with Gasteiger partial charge in [-0.1, -0.05) is 43.6 Å². The summed E-state index contributed by atoms with van der Waals surface area (Å²) in [6.07, 6.45) is 1.10. The maximum absolute atomic E-state index is 5.78. The van der Waals surface area contributed by atoms with Crippen molar-refractivity contribution in [2.75, 3.05) is 5.88 Å². The van der Waals surface area contributed by atoms with Crippen LogP contribution in [-0.4, -0.2) is 10.2 Å². The Morgan fingerprint density at radius 2 is 1.60 bits per heavy atom. The number of hydrogen-bond acceptors (Lipinski definition) is 0. The molecule has 10 heavy (non-hydrogen) atoms. The van der Waals surface area contributed by atoms with Crippen molar-refractivity contribution in [1.29, 1.82) is 0 Å². The van der Waals surface area contributed by atoms with Crippen LogP contribution in [0.1, 0.15) is 34.1 Å². The SMILES string of the molecule is CC(C)(Br)CC(C)(C)CCl. The summed E-state index contributed by atoms with van der Waals surface area (Å²) >= 11 is 9.37. The Hall–Kier alpha value is 0.770. The lowest BCUT2D eigenvalue weighted by Crippen LogP contribution is -2.24. The van der Waals surface area contributed by atoms with Crippen molar-refractivity contribution in [3.63, 3.8) is 0 Å². The van der Waals surface area contributed by atoms with Crippen LogP contribution in [0, 0.1) is 5.41 Å². The lowest BCUT2D eigenvalue weighted by molar-refractivity contribution is 0.348. The van der Waals surface area contributed by atoms with Crippen LogP contribution < -0.4 is 0 Å². The Labute approximate surface area is 77.5 Å². The van der Waals surface area contributed by atoms with E-state index in [1.807, 2.05) is 0 Å². The highest BCUT2D eigenvalue weighted by molar-refractivity contribution is 9.10. The summed E-state index contributed by atoms with van der Waals surface area (Å²) in [6.45, 7) is 8.70. The van der Waals surface area contributed by atoms with Gasteiger partial charge in [0.15, 0.2) is 0 Å². The Bertz CT molecular complexity index is 102. The fourth-order valence-corrected chi connectivity index (χ4v) is 2.04. The van der Waals surface area contributed by atoms with Crippen molar-refractivity contribution in [1.82, 2.24) is 0 Å². The summed E-state index contributed by atoms with van der Waals surface area (Å²) in [5.41, 5.74) is 0.245. The predicted octanol–water partition coefficient (Wildman–Crippen LogP) is 3.82. The van der Waals surface area contributed by atoms with E-state index >= 15 is 0 Å². The summed E-state index contributed by atoms with van der Waals surface area (Å²) in [7, 11) is 0. The van der Waals surface area contributed by atoms with Crippen molar-refractivity contribution in [2.24, 2.45) is 5.41 Å². The first-order chi connectivity index (χ1) is 4.27. The normalized spacial score (nSPS) is 13.8. The summed E-state index contributed by atoms with van der Waals surface area (Å²) in [5.74, 6) is 0.724. The van der Waals surface area contributed by atoms with Crippen molar-refractivity contribution < 1.29 is 0 Å². The Kier molecular flexibility index (Phi) is 3.71. The number of rotatable bonds is 3. The van der Waals surface area contributed by atoms with Gasteiger partial charge < -0.3 is 0 Å². The molecule has 0 aliphatic heterocycles. The van der Waals surface area contributed by atoms with Crippen molar-refractivity contribution in [2.45, 2.75) is 38.4 Å². The largest absolute Gasteiger partial charge is 0.126 e. The fraction of sp³-hybridized carbons (Fsp3) is 1.00. The van der Waals surface area contributed by atoms with E-state index in [4.69, 9.17) is 11.6 Å². The van der Waals surface area contributed by atoms with E-state index in [9.17, 15) is 0 Å². The van der Waals surface area contributed by atoms with Crippen molar-refractivity contribution >= 4 is 27.5 Å². The summed E-state index contributed by atoms with van der Waals surface area (Å²) in [4.78, 5) is 0. The molecule has 0 amide bonds. The zero-order valence-corrected chi connectivity index (χ0v) is 9.51. The van der Waals surface area contributed by atoms with Gasteiger partial charge in [-0.25, -0.2) is 0 Å². The molecule has 0 aromatic rings. The summed E-state index contributed by atoms with van der Waals surface area (Å²) < 4.78 is 0.214. The van der Waals surface area contributed by atoms with Crippen LogP contribution in [0.3, 0.4) is 0 Å². The molecular weight excluding hydrogens is 211 g/mol. The Morgan fingerprint density at radius 1 is 1.20 bits per heavy atom. The van der Waals surface area contributed by atoms with Gasteiger partial charge >= 0.3 is 0 Å². The Morgan fingerprint density at radius 3 is 1.70 bits per heavy atom. The predicted molar refractivity (Wildman–Crippen MR) is 52.1 cm³/mol. The van der Waals surface area contributed by atoms with Crippen LogP contribution in [0.15, 0.2) is 0 Å². The molecule has 0 bridgehead atoms. The van der Waals surface area contributed by atoms with Crippen LogP contribution in [0.5, 0.6) is 0 Å². The molecule has 62 valence electrons. The van der Waals surface area contributed by atoms with Crippen molar-refractivity contribution in [3.05, 3.63) is 0 Å². The lowest BCUT2D eigenvalue weighted by atomic mass is 9.86. The third kappa shape index (κ3) is 5.55. The first-order valence-electron chi connectivity index (χ1n) is 3.52. The molecule has 0 aliphatic carbocycles. The first-order valence-corrected chi connectivity index (χ1v) is 4.84. The Balaban J connectivity index is 3.89. The topological polar surface area (TPSA) is 0 Å². The monoisotopic (exact) mass is 226 g/mol. The van der Waals surface area contributed by atoms with Crippen LogP contribution >= 0.6 is 27.5 Å². The standard InChI is InChI=1S/C8H16BrCl/c1-7(2,6-10)5-8(3,4)9/h5-6H2,1-4H3. The maximum atomic E-state index is 5.78. The van der Waals surface area contributed by atoms with Gasteiger partial charge in [-0.05, 0) is 11.8 Å². The highest BCUT2D eigenvalue weighted by atomic mass is 79.9. The molecule has 0 fully saturated rings. The van der Waals surface area contributed by atoms with E-state index in [2.05, 4.69) is 43.6 Å². The maximum Gasteiger partial charge on any atom is 0.0275 e. The second kappa shape index (κ2) is 3.44. The molecule has 0 unspecified atom stereocenters. The van der Waals surface area contributed by atoms with E-state index in [0.717, 1.165) is 12.3 Å². The van der Waals surface area contributed by atoms with Gasteiger partial charge in [0.05, 0.1) is 0 Å². The number of alkyl halides is 2. The molecule has 0 rings (SSSR count). The van der Waals surface area contributed by atoms with Crippen LogP contribution in [0.4, 0.5) is 0 Å². The minimum absolute atomic E-state index is 0.214. The minimum atomic E-state index is 0.214. The van der Waals surface area contributed by atoms with Crippen LogP contribution in [0.2, 0.25) is 0 Å². The summed E-state index contributed by atoms with van der Waals surface area (Å²) in [6, 6.07) is 0. The smallest absolute Gasteiger partial charge is 0.0275 e. The highest BCUT2D eigenvalue weighted by Gasteiger charge is 2.25. The molecule has 0 saturated carbocycles. The molecule has 0 aliphatic rings. The second-order valence-electron chi connectivity index (χ2n) is 4.19. The third-order valence-corrected chi connectivity index (χ3v) is 2.26. The molecule has 0 saturated heterocycles. The zero-order chi connectivity index (χ0) is 8.41. The average Bonchev–Trinajstić information content (AvgIpc) is 1.60. The number of hydrogen-bond donors (Lipinski definition) is 0. The molecule has 0 N–H and O–H groups in total. The van der Waals surface area contributed by atoms with Gasteiger partial charge in [0.1, 0.15) is 0 Å². The van der Waals surface area contributed by atoms with Crippen LogP contribution in [0.25, 0.3) is 0 Å². The van der Waals surface area contributed by atoms with Crippen LogP contribution in [-0.2, 0) is 0 Å². The second-order valence-corrected chi connectivity index (χ2v) is 6.61. The van der Waals surface area contributed by atoms with Gasteiger partial charge in [0.2, 0.25) is 0 Å². The molecule has 0 heterocycles. The highest BCUT2D eigenvalue weighted by Crippen LogP contribution is 2.33. The molecule has 0 atom stereocenters. The van der Waals surface area contributed by atoms with Crippen molar-refractivity contribution in [3.8, 4) is 0 Å². The third-order valence-electron chi connectivity index (χ3n) is 1.26. The van der Waals surface area contributed by atoms with E-state index in [0.29, 0.717) is 0 Å². The molecule has 0 aromatic heterocycles. The van der Waals surface area contributed by atoms with E-state index < -0.39 is 0 Å². The molecule has 0 radical (unpaired) electrons. The van der Waals surface area contributed by atoms with E-state index in [1.165, 1.54) is 0 Å². The minimum Gasteiger partial charge on any atom is -0.126 e. The summed E-state index contributed by atoms with van der Waals surface area (Å²) in [5, 5.41) is 0. The fourth-order valence-electron chi connectivity index (χ4n) is 1.19. The molecule has 0 aromatic carbocycles. The quantitative estimate of drug-likeness (QED) is 0.643. The zero-order valence-electron chi connectivity index (χ0n) is 7.17. The molecular formula is C8H16BrCl. The average molecular weight is 228 g/mol. The molecule has 0 nitrogen and oxygen atoms in total. The van der Waals surface area contributed by atoms with E-state index in [-0.39, 0.29) is 9.74 Å². The first kappa shape index (κ1) is 10.8. The van der Waals surface area contributed by atoms with Gasteiger partial charge in [0, 0.05) is 10.2 Å². The van der Waals surface area contributed by atoms with E-state index in [1.54, 1.807) is 0 Å². The number of halogens is 2. The van der Waals surface area contributed by atoms with Gasteiger partial charge in [0.25, 0.3) is 0 Å².